The number of hydrogen-bond donors (Lipinski definition) is 2. The normalized spacial score (nSPS) is 26.4. The molecule has 104 valence electrons. The van der Waals surface area contributed by atoms with E-state index < -0.39 is 5.60 Å². The quantitative estimate of drug-likeness (QED) is 0.866. The van der Waals surface area contributed by atoms with Crippen LogP contribution in [-0.2, 0) is 11.2 Å². The molecule has 1 fully saturated rings. The molecule has 1 amide bonds. The summed E-state index contributed by atoms with van der Waals surface area (Å²) in [6.45, 7) is 4.67. The maximum atomic E-state index is 12.0. The van der Waals surface area contributed by atoms with Crippen molar-refractivity contribution in [2.45, 2.75) is 38.4 Å². The molecule has 19 heavy (non-hydrogen) atoms. The highest BCUT2D eigenvalue weighted by Crippen LogP contribution is 2.24. The van der Waals surface area contributed by atoms with E-state index in [4.69, 9.17) is 4.74 Å². The Labute approximate surface area is 113 Å². The fraction of sp³-hybridized carbons (Fsp3) is 0.533. The maximum Gasteiger partial charge on any atom is 0.251 e. The van der Waals surface area contributed by atoms with Gasteiger partial charge in [0.15, 0.2) is 0 Å². The number of benzene rings is 1. The molecule has 2 N–H and O–H groups in total. The molecule has 0 radical (unpaired) electrons. The van der Waals surface area contributed by atoms with E-state index in [0.29, 0.717) is 18.6 Å². The molecule has 0 bridgehead atoms. The number of amides is 1. The molecule has 0 saturated carbocycles. The third kappa shape index (κ3) is 3.14. The van der Waals surface area contributed by atoms with E-state index in [0.717, 1.165) is 6.42 Å². The van der Waals surface area contributed by atoms with Gasteiger partial charge >= 0.3 is 0 Å². The number of carbonyl (C=O) groups excluding carboxylic acids is 1. The Morgan fingerprint density at radius 1 is 1.47 bits per heavy atom. The van der Waals surface area contributed by atoms with Crippen LogP contribution < -0.4 is 5.32 Å². The van der Waals surface area contributed by atoms with E-state index >= 15 is 0 Å². The van der Waals surface area contributed by atoms with Crippen LogP contribution in [0, 0.1) is 0 Å². The van der Waals surface area contributed by atoms with Crippen molar-refractivity contribution in [1.29, 1.82) is 0 Å². The first-order valence-electron chi connectivity index (χ1n) is 6.76. The standard InChI is InChI=1S/C15H21NO3/c1-3-12-4-6-13(7-5-12)14(17)16-10-15(18)8-9-19-11(15)2/h4-7,11,18H,3,8-10H2,1-2H3,(H,16,17). The Bertz CT molecular complexity index is 443. The van der Waals surface area contributed by atoms with E-state index in [9.17, 15) is 9.90 Å². The van der Waals surface area contributed by atoms with Gasteiger partial charge in [0.05, 0.1) is 6.10 Å². The van der Waals surface area contributed by atoms with E-state index in [1.165, 1.54) is 5.56 Å². The highest BCUT2D eigenvalue weighted by Gasteiger charge is 2.39. The monoisotopic (exact) mass is 263 g/mol. The Morgan fingerprint density at radius 2 is 2.16 bits per heavy atom. The van der Waals surface area contributed by atoms with Crippen molar-refractivity contribution in [2.75, 3.05) is 13.2 Å². The largest absolute Gasteiger partial charge is 0.385 e. The van der Waals surface area contributed by atoms with E-state index in [1.54, 1.807) is 0 Å². The Morgan fingerprint density at radius 3 is 2.68 bits per heavy atom. The summed E-state index contributed by atoms with van der Waals surface area (Å²) in [7, 11) is 0. The lowest BCUT2D eigenvalue weighted by molar-refractivity contribution is -0.0251. The number of aliphatic hydroxyl groups is 1. The Hall–Kier alpha value is -1.39. The van der Waals surface area contributed by atoms with Crippen molar-refractivity contribution in [3.8, 4) is 0 Å². The summed E-state index contributed by atoms with van der Waals surface area (Å²) in [5.74, 6) is -0.157. The summed E-state index contributed by atoms with van der Waals surface area (Å²) < 4.78 is 5.34. The summed E-state index contributed by atoms with van der Waals surface area (Å²) >= 11 is 0. The maximum absolute atomic E-state index is 12.0. The molecule has 1 aromatic rings. The molecule has 4 heteroatoms. The van der Waals surface area contributed by atoms with E-state index in [2.05, 4.69) is 12.2 Å². The summed E-state index contributed by atoms with van der Waals surface area (Å²) in [4.78, 5) is 12.0. The predicted octanol–water partition coefficient (Wildman–Crippen LogP) is 1.52. The molecule has 1 saturated heterocycles. The molecule has 0 spiro atoms. The lowest BCUT2D eigenvalue weighted by Gasteiger charge is -2.26. The van der Waals surface area contributed by atoms with Gasteiger partial charge in [0.1, 0.15) is 5.60 Å². The van der Waals surface area contributed by atoms with Crippen LogP contribution in [0.4, 0.5) is 0 Å². The van der Waals surface area contributed by atoms with Crippen LogP contribution in [0.1, 0.15) is 36.2 Å². The van der Waals surface area contributed by atoms with Gasteiger partial charge in [0.2, 0.25) is 0 Å². The van der Waals surface area contributed by atoms with Gasteiger partial charge in [-0.1, -0.05) is 19.1 Å². The van der Waals surface area contributed by atoms with Gasteiger partial charge in [0.25, 0.3) is 5.91 Å². The third-order valence-electron chi connectivity index (χ3n) is 3.84. The molecule has 2 rings (SSSR count). The molecular weight excluding hydrogens is 242 g/mol. The van der Waals surface area contributed by atoms with Gasteiger partial charge in [-0.25, -0.2) is 0 Å². The molecule has 1 aromatic carbocycles. The van der Waals surface area contributed by atoms with Crippen molar-refractivity contribution >= 4 is 5.91 Å². The van der Waals surface area contributed by atoms with Crippen LogP contribution in [0.15, 0.2) is 24.3 Å². The van der Waals surface area contributed by atoms with Crippen LogP contribution in [0.5, 0.6) is 0 Å². The molecular formula is C15H21NO3. The van der Waals surface area contributed by atoms with Gasteiger partial charge in [-0.2, -0.15) is 0 Å². The second-order valence-electron chi connectivity index (χ2n) is 5.10. The number of carbonyl (C=O) groups is 1. The first-order valence-corrected chi connectivity index (χ1v) is 6.76. The summed E-state index contributed by atoms with van der Waals surface area (Å²) in [5, 5.41) is 13.1. The van der Waals surface area contributed by atoms with Gasteiger partial charge in [-0.15, -0.1) is 0 Å². The molecule has 1 aliphatic heterocycles. The topological polar surface area (TPSA) is 58.6 Å². The lowest BCUT2D eigenvalue weighted by Crippen LogP contribution is -2.47. The summed E-state index contributed by atoms with van der Waals surface area (Å²) in [6.07, 6.45) is 1.27. The highest BCUT2D eigenvalue weighted by molar-refractivity contribution is 5.94. The van der Waals surface area contributed by atoms with Crippen LogP contribution in [0.3, 0.4) is 0 Å². The van der Waals surface area contributed by atoms with Crippen molar-refractivity contribution in [2.24, 2.45) is 0 Å². The molecule has 1 aliphatic rings. The van der Waals surface area contributed by atoms with Crippen molar-refractivity contribution in [3.63, 3.8) is 0 Å². The Balaban J connectivity index is 1.93. The van der Waals surface area contributed by atoms with Crippen molar-refractivity contribution in [3.05, 3.63) is 35.4 Å². The zero-order valence-corrected chi connectivity index (χ0v) is 11.5. The SMILES string of the molecule is CCc1ccc(C(=O)NCC2(O)CCOC2C)cc1. The molecule has 1 heterocycles. The smallest absolute Gasteiger partial charge is 0.251 e. The fourth-order valence-electron chi connectivity index (χ4n) is 2.23. The second-order valence-corrected chi connectivity index (χ2v) is 5.10. The van der Waals surface area contributed by atoms with Crippen LogP contribution in [0.2, 0.25) is 0 Å². The van der Waals surface area contributed by atoms with E-state index in [1.807, 2.05) is 31.2 Å². The average molecular weight is 263 g/mol. The zero-order chi connectivity index (χ0) is 13.9. The second kappa shape index (κ2) is 5.72. The summed E-state index contributed by atoms with van der Waals surface area (Å²) in [6, 6.07) is 7.52. The van der Waals surface area contributed by atoms with Gasteiger partial charge in [-0.3, -0.25) is 4.79 Å². The third-order valence-corrected chi connectivity index (χ3v) is 3.84. The van der Waals surface area contributed by atoms with Gasteiger partial charge < -0.3 is 15.2 Å². The Kier molecular flexibility index (Phi) is 4.22. The minimum atomic E-state index is -0.945. The minimum Gasteiger partial charge on any atom is -0.385 e. The first kappa shape index (κ1) is 14.0. The van der Waals surface area contributed by atoms with Crippen LogP contribution in [-0.4, -0.2) is 35.9 Å². The number of nitrogens with one attached hydrogen (secondary N) is 1. The zero-order valence-electron chi connectivity index (χ0n) is 11.5. The van der Waals surface area contributed by atoms with Gasteiger partial charge in [-0.05, 0) is 31.0 Å². The van der Waals surface area contributed by atoms with Gasteiger partial charge in [0, 0.05) is 25.1 Å². The molecule has 0 aromatic heterocycles. The molecule has 0 aliphatic carbocycles. The highest BCUT2D eigenvalue weighted by atomic mass is 16.5. The number of hydrogen-bond acceptors (Lipinski definition) is 3. The van der Waals surface area contributed by atoms with Crippen LogP contribution >= 0.6 is 0 Å². The minimum absolute atomic E-state index is 0.157. The number of aryl methyl sites for hydroxylation is 1. The number of rotatable bonds is 4. The van der Waals surface area contributed by atoms with Crippen molar-refractivity contribution < 1.29 is 14.6 Å². The molecule has 2 atom stereocenters. The number of ether oxygens (including phenoxy) is 1. The van der Waals surface area contributed by atoms with E-state index in [-0.39, 0.29) is 18.6 Å². The van der Waals surface area contributed by atoms with Crippen molar-refractivity contribution in [1.82, 2.24) is 5.32 Å². The molecule has 2 unspecified atom stereocenters. The first-order chi connectivity index (χ1) is 9.05. The molecule has 4 nitrogen and oxygen atoms in total. The predicted molar refractivity (Wildman–Crippen MR) is 73.1 cm³/mol. The lowest BCUT2D eigenvalue weighted by atomic mass is 9.96. The average Bonchev–Trinajstić information content (AvgIpc) is 2.77. The summed E-state index contributed by atoms with van der Waals surface area (Å²) in [5.41, 5.74) is 0.874. The fourth-order valence-corrected chi connectivity index (χ4v) is 2.23. The van der Waals surface area contributed by atoms with Crippen LogP contribution in [0.25, 0.3) is 0 Å².